The molecule has 0 spiro atoms. The number of benzene rings is 2. The van der Waals surface area contributed by atoms with E-state index in [0.29, 0.717) is 0 Å². The monoisotopic (exact) mass is 268 g/mol. The lowest BCUT2D eigenvalue weighted by Gasteiger charge is -2.08. The highest BCUT2D eigenvalue weighted by Crippen LogP contribution is 2.18. The van der Waals surface area contributed by atoms with Gasteiger partial charge in [-0.1, -0.05) is 54.6 Å². The topological polar surface area (TPSA) is 29.5 Å². The Bertz CT molecular complexity index is 529. The van der Waals surface area contributed by atoms with E-state index in [1.165, 1.54) is 0 Å². The van der Waals surface area contributed by atoms with E-state index in [4.69, 9.17) is 4.74 Å². The summed E-state index contributed by atoms with van der Waals surface area (Å²) in [5.41, 5.74) is 2.12. The molecule has 1 atom stereocenters. The molecule has 0 fully saturated rings. The van der Waals surface area contributed by atoms with Crippen LogP contribution in [0.15, 0.2) is 60.7 Å². The van der Waals surface area contributed by atoms with Gasteiger partial charge in [0.1, 0.15) is 5.75 Å². The Kier molecular flexibility index (Phi) is 5.39. The third-order valence-corrected chi connectivity index (χ3v) is 3.22. The van der Waals surface area contributed by atoms with Crippen molar-refractivity contribution in [1.82, 2.24) is 0 Å². The van der Waals surface area contributed by atoms with Crippen LogP contribution in [0.1, 0.15) is 30.1 Å². The highest BCUT2D eigenvalue weighted by atomic mass is 16.5. The summed E-state index contributed by atoms with van der Waals surface area (Å²) in [6, 6.07) is 17.7. The fourth-order valence-electron chi connectivity index (χ4n) is 2.03. The highest BCUT2D eigenvalue weighted by molar-refractivity contribution is 5.50. The summed E-state index contributed by atoms with van der Waals surface area (Å²) in [5.74, 6) is 0.863. The van der Waals surface area contributed by atoms with E-state index >= 15 is 0 Å². The van der Waals surface area contributed by atoms with Crippen molar-refractivity contribution in [2.24, 2.45) is 0 Å². The minimum Gasteiger partial charge on any atom is -0.497 e. The van der Waals surface area contributed by atoms with E-state index in [2.05, 4.69) is 12.2 Å². The zero-order chi connectivity index (χ0) is 14.2. The first-order valence-electron chi connectivity index (χ1n) is 6.83. The van der Waals surface area contributed by atoms with Crippen LogP contribution < -0.4 is 4.74 Å². The van der Waals surface area contributed by atoms with Crippen molar-refractivity contribution < 1.29 is 9.84 Å². The van der Waals surface area contributed by atoms with Crippen LogP contribution in [-0.2, 0) is 0 Å². The molecular weight excluding hydrogens is 248 g/mol. The predicted molar refractivity (Wildman–Crippen MR) is 82.7 cm³/mol. The van der Waals surface area contributed by atoms with Crippen molar-refractivity contribution in [1.29, 1.82) is 0 Å². The second-order valence-corrected chi connectivity index (χ2v) is 4.68. The smallest absolute Gasteiger partial charge is 0.118 e. The third-order valence-electron chi connectivity index (χ3n) is 3.22. The highest BCUT2D eigenvalue weighted by Gasteiger charge is 2.04. The second kappa shape index (κ2) is 7.51. The van der Waals surface area contributed by atoms with Crippen LogP contribution in [0, 0.1) is 0 Å². The quantitative estimate of drug-likeness (QED) is 0.850. The van der Waals surface area contributed by atoms with Gasteiger partial charge in [0, 0.05) is 0 Å². The number of aliphatic hydroxyl groups excluding tert-OH is 1. The third kappa shape index (κ3) is 4.25. The second-order valence-electron chi connectivity index (χ2n) is 4.68. The fraction of sp³-hybridized carbons (Fsp3) is 0.222. The Morgan fingerprint density at radius 2 is 1.75 bits per heavy atom. The molecule has 1 N–H and O–H groups in total. The maximum Gasteiger partial charge on any atom is 0.118 e. The first-order chi connectivity index (χ1) is 9.79. The molecule has 0 aliphatic carbocycles. The number of hydrogen-bond donors (Lipinski definition) is 1. The van der Waals surface area contributed by atoms with Crippen LogP contribution in [0.25, 0.3) is 6.08 Å². The summed E-state index contributed by atoms with van der Waals surface area (Å²) >= 11 is 0. The summed E-state index contributed by atoms with van der Waals surface area (Å²) in [5, 5.41) is 10.0. The Morgan fingerprint density at radius 1 is 1.05 bits per heavy atom. The van der Waals surface area contributed by atoms with Crippen molar-refractivity contribution >= 4 is 6.08 Å². The van der Waals surface area contributed by atoms with Crippen molar-refractivity contribution in [2.45, 2.75) is 18.9 Å². The maximum absolute atomic E-state index is 10.0. The number of ether oxygens (including phenoxy) is 1. The summed E-state index contributed by atoms with van der Waals surface area (Å²) in [7, 11) is 1.66. The molecule has 0 heterocycles. The number of rotatable bonds is 6. The van der Waals surface area contributed by atoms with Crippen molar-refractivity contribution in [3.8, 4) is 5.75 Å². The molecule has 2 aromatic carbocycles. The van der Waals surface area contributed by atoms with Gasteiger partial charge in [0.2, 0.25) is 0 Å². The van der Waals surface area contributed by atoms with Crippen molar-refractivity contribution in [3.63, 3.8) is 0 Å². The summed E-state index contributed by atoms with van der Waals surface area (Å²) in [6.45, 7) is 0. The Labute approximate surface area is 120 Å². The van der Waals surface area contributed by atoms with E-state index < -0.39 is 6.10 Å². The molecule has 2 nitrogen and oxygen atoms in total. The van der Waals surface area contributed by atoms with Crippen LogP contribution in [0.3, 0.4) is 0 Å². The first-order valence-corrected chi connectivity index (χ1v) is 6.83. The average Bonchev–Trinajstić information content (AvgIpc) is 2.53. The Morgan fingerprint density at radius 3 is 2.40 bits per heavy atom. The van der Waals surface area contributed by atoms with Gasteiger partial charge in [-0.3, -0.25) is 0 Å². The van der Waals surface area contributed by atoms with Crippen LogP contribution in [0.2, 0.25) is 0 Å². The molecule has 20 heavy (non-hydrogen) atoms. The molecule has 0 aliphatic rings. The summed E-state index contributed by atoms with van der Waals surface area (Å²) in [4.78, 5) is 0. The number of hydrogen-bond acceptors (Lipinski definition) is 2. The van der Waals surface area contributed by atoms with E-state index in [-0.39, 0.29) is 0 Å². The normalized spacial score (nSPS) is 12.5. The summed E-state index contributed by atoms with van der Waals surface area (Å²) < 4.78 is 5.12. The fourth-order valence-corrected chi connectivity index (χ4v) is 2.03. The predicted octanol–water partition coefficient (Wildman–Crippen LogP) is 4.22. The van der Waals surface area contributed by atoms with Gasteiger partial charge in [-0.05, 0) is 36.1 Å². The molecule has 2 heteroatoms. The van der Waals surface area contributed by atoms with Crippen LogP contribution in [-0.4, -0.2) is 12.2 Å². The Balaban J connectivity index is 1.81. The molecule has 0 radical (unpaired) electrons. The molecule has 0 amide bonds. The van der Waals surface area contributed by atoms with E-state index in [1.54, 1.807) is 7.11 Å². The van der Waals surface area contributed by atoms with Gasteiger partial charge in [-0.2, -0.15) is 0 Å². The standard InChI is InChI=1S/C18H20O2/c1-20-17-13-11-15(12-14-17)7-5-6-10-18(19)16-8-3-2-4-9-16/h2-5,7-9,11-14,18-19H,6,10H2,1H3/b7-5+. The lowest BCUT2D eigenvalue weighted by atomic mass is 10.0. The van der Waals surface area contributed by atoms with Gasteiger partial charge in [0.25, 0.3) is 0 Å². The van der Waals surface area contributed by atoms with E-state index in [0.717, 1.165) is 29.7 Å². The van der Waals surface area contributed by atoms with Gasteiger partial charge in [-0.15, -0.1) is 0 Å². The van der Waals surface area contributed by atoms with Crippen LogP contribution >= 0.6 is 0 Å². The van der Waals surface area contributed by atoms with Gasteiger partial charge < -0.3 is 9.84 Å². The number of aliphatic hydroxyl groups is 1. The van der Waals surface area contributed by atoms with Gasteiger partial charge >= 0.3 is 0 Å². The molecule has 2 aromatic rings. The van der Waals surface area contributed by atoms with Crippen molar-refractivity contribution in [2.75, 3.05) is 7.11 Å². The maximum atomic E-state index is 10.0. The molecule has 104 valence electrons. The Hall–Kier alpha value is -2.06. The molecule has 1 unspecified atom stereocenters. The summed E-state index contributed by atoms with van der Waals surface area (Å²) in [6.07, 6.45) is 5.35. The average molecular weight is 268 g/mol. The zero-order valence-electron chi connectivity index (χ0n) is 11.7. The minimum absolute atomic E-state index is 0.392. The number of allylic oxidation sites excluding steroid dienone is 1. The van der Waals surface area contributed by atoms with Gasteiger partial charge in [0.05, 0.1) is 13.2 Å². The lowest BCUT2D eigenvalue weighted by molar-refractivity contribution is 0.169. The molecule has 0 saturated heterocycles. The molecular formula is C18H20O2. The van der Waals surface area contributed by atoms with E-state index in [9.17, 15) is 5.11 Å². The molecule has 0 bridgehead atoms. The molecule has 0 aliphatic heterocycles. The van der Waals surface area contributed by atoms with Crippen molar-refractivity contribution in [3.05, 3.63) is 71.8 Å². The van der Waals surface area contributed by atoms with Gasteiger partial charge in [0.15, 0.2) is 0 Å². The van der Waals surface area contributed by atoms with Crippen LogP contribution in [0.5, 0.6) is 5.75 Å². The van der Waals surface area contributed by atoms with E-state index in [1.807, 2.05) is 54.6 Å². The minimum atomic E-state index is -0.392. The SMILES string of the molecule is COc1ccc(/C=C/CCC(O)c2ccccc2)cc1. The molecule has 0 aromatic heterocycles. The lowest BCUT2D eigenvalue weighted by Crippen LogP contribution is -1.95. The zero-order valence-corrected chi connectivity index (χ0v) is 11.7. The van der Waals surface area contributed by atoms with Crippen LogP contribution in [0.4, 0.5) is 0 Å². The number of methoxy groups -OCH3 is 1. The molecule has 2 rings (SSSR count). The largest absolute Gasteiger partial charge is 0.497 e. The van der Waals surface area contributed by atoms with Gasteiger partial charge in [-0.25, -0.2) is 0 Å². The first kappa shape index (κ1) is 14.4. The molecule has 0 saturated carbocycles.